The number of nitrogens with two attached hydrogens (primary N) is 1. The Balaban J connectivity index is 0.00000341. The molecule has 1 aromatic rings. The van der Waals surface area contributed by atoms with E-state index in [4.69, 9.17) is 10.5 Å². The summed E-state index contributed by atoms with van der Waals surface area (Å²) < 4.78 is 5.36. The maximum absolute atomic E-state index is 12.4. The molecule has 10 heteroatoms. The molecule has 2 amide bonds. The topological polar surface area (TPSA) is 103 Å². The fourth-order valence-electron chi connectivity index (χ4n) is 3.79. The van der Waals surface area contributed by atoms with Crippen LogP contribution in [0.3, 0.4) is 0 Å². The van der Waals surface area contributed by atoms with Crippen molar-refractivity contribution in [2.45, 2.75) is 19.4 Å². The van der Waals surface area contributed by atoms with Crippen LogP contribution in [0.4, 0.5) is 0 Å². The molecule has 2 heterocycles. The molecular weight excluding hydrogens is 511 g/mol. The second-order valence-electron chi connectivity index (χ2n) is 7.65. The van der Waals surface area contributed by atoms with Gasteiger partial charge in [0.1, 0.15) is 5.75 Å². The molecule has 2 aliphatic heterocycles. The molecule has 31 heavy (non-hydrogen) atoms. The van der Waals surface area contributed by atoms with Crippen molar-refractivity contribution in [2.75, 3.05) is 59.5 Å². The van der Waals surface area contributed by atoms with E-state index in [-0.39, 0.29) is 36.5 Å². The van der Waals surface area contributed by atoms with E-state index in [1.807, 2.05) is 23.1 Å². The predicted octanol–water partition coefficient (Wildman–Crippen LogP) is 0.484. The van der Waals surface area contributed by atoms with Crippen LogP contribution in [-0.4, -0.2) is 91.9 Å². The van der Waals surface area contributed by atoms with E-state index in [1.165, 1.54) is 0 Å². The molecule has 0 saturated carbocycles. The van der Waals surface area contributed by atoms with Gasteiger partial charge >= 0.3 is 0 Å². The number of aliphatic imine (C=N–C) groups is 1. The lowest BCUT2D eigenvalue weighted by molar-refractivity contribution is -0.131. The summed E-state index contributed by atoms with van der Waals surface area (Å²) >= 11 is 0. The second kappa shape index (κ2) is 12.7. The number of halogens is 1. The highest BCUT2D eigenvalue weighted by Crippen LogP contribution is 2.13. The second-order valence-corrected chi connectivity index (χ2v) is 7.65. The SMILES string of the molecule is CN=C(NCc1cccc(OCC(N)=O)c1)N1CCN(CC(=O)N2CCCC2)CC1.I. The highest BCUT2D eigenvalue weighted by molar-refractivity contribution is 14.0. The monoisotopic (exact) mass is 544 g/mol. The van der Waals surface area contributed by atoms with E-state index in [0.29, 0.717) is 18.8 Å². The summed E-state index contributed by atoms with van der Waals surface area (Å²) in [4.78, 5) is 34.1. The van der Waals surface area contributed by atoms with Crippen molar-refractivity contribution in [3.8, 4) is 5.75 Å². The van der Waals surface area contributed by atoms with Crippen molar-refractivity contribution >= 4 is 41.8 Å². The number of benzene rings is 1. The van der Waals surface area contributed by atoms with E-state index in [2.05, 4.69) is 20.1 Å². The van der Waals surface area contributed by atoms with Gasteiger partial charge < -0.3 is 25.6 Å². The first-order chi connectivity index (χ1) is 14.5. The van der Waals surface area contributed by atoms with Gasteiger partial charge in [0.05, 0.1) is 6.54 Å². The van der Waals surface area contributed by atoms with Crippen molar-refractivity contribution in [2.24, 2.45) is 10.7 Å². The molecule has 2 saturated heterocycles. The zero-order valence-corrected chi connectivity index (χ0v) is 20.4. The van der Waals surface area contributed by atoms with Gasteiger partial charge in [0.2, 0.25) is 5.91 Å². The molecule has 9 nitrogen and oxygen atoms in total. The summed E-state index contributed by atoms with van der Waals surface area (Å²) in [6.07, 6.45) is 2.25. The number of piperazine rings is 1. The number of carbonyl (C=O) groups is 2. The highest BCUT2D eigenvalue weighted by Gasteiger charge is 2.24. The van der Waals surface area contributed by atoms with Gasteiger partial charge in [-0.05, 0) is 30.5 Å². The standard InChI is InChI=1S/C21H32N6O3.HI/c1-23-21(24-14-17-5-4-6-18(13-17)30-16-19(22)28)27-11-9-25(10-12-27)15-20(29)26-7-2-3-8-26;/h4-6,13H,2-3,7-12,14-16H2,1H3,(H2,22,28)(H,23,24);1H. The molecule has 0 bridgehead atoms. The highest BCUT2D eigenvalue weighted by atomic mass is 127. The van der Waals surface area contributed by atoms with Crippen LogP contribution < -0.4 is 15.8 Å². The summed E-state index contributed by atoms with van der Waals surface area (Å²) in [7, 11) is 1.78. The molecule has 0 spiro atoms. The molecule has 2 fully saturated rings. The van der Waals surface area contributed by atoms with E-state index >= 15 is 0 Å². The Morgan fingerprint density at radius 3 is 2.45 bits per heavy atom. The molecule has 3 N–H and O–H groups in total. The summed E-state index contributed by atoms with van der Waals surface area (Å²) in [6.45, 7) is 6.13. The number of ether oxygens (including phenoxy) is 1. The van der Waals surface area contributed by atoms with Gasteiger partial charge in [0.25, 0.3) is 5.91 Å². The first-order valence-electron chi connectivity index (χ1n) is 10.5. The Labute approximate surface area is 201 Å². The van der Waals surface area contributed by atoms with Gasteiger partial charge in [-0.2, -0.15) is 0 Å². The number of primary amides is 1. The lowest BCUT2D eigenvalue weighted by Gasteiger charge is -2.36. The molecule has 0 aromatic heterocycles. The molecule has 2 aliphatic rings. The maximum Gasteiger partial charge on any atom is 0.255 e. The Kier molecular flexibility index (Phi) is 10.3. The third-order valence-corrected chi connectivity index (χ3v) is 5.43. The van der Waals surface area contributed by atoms with Crippen molar-refractivity contribution < 1.29 is 14.3 Å². The molecule has 1 aromatic carbocycles. The molecule has 0 unspecified atom stereocenters. The van der Waals surface area contributed by atoms with Gasteiger partial charge in [0.15, 0.2) is 12.6 Å². The van der Waals surface area contributed by atoms with Gasteiger partial charge in [-0.1, -0.05) is 12.1 Å². The van der Waals surface area contributed by atoms with Crippen LogP contribution in [0, 0.1) is 0 Å². The zero-order valence-electron chi connectivity index (χ0n) is 18.1. The van der Waals surface area contributed by atoms with Crippen molar-refractivity contribution in [3.05, 3.63) is 29.8 Å². The van der Waals surface area contributed by atoms with Gasteiger partial charge in [-0.15, -0.1) is 24.0 Å². The van der Waals surface area contributed by atoms with Crippen molar-refractivity contribution in [3.63, 3.8) is 0 Å². The van der Waals surface area contributed by atoms with Crippen LogP contribution in [-0.2, 0) is 16.1 Å². The maximum atomic E-state index is 12.4. The van der Waals surface area contributed by atoms with Gasteiger partial charge in [-0.3, -0.25) is 19.5 Å². The van der Waals surface area contributed by atoms with E-state index in [0.717, 1.165) is 63.6 Å². The average molecular weight is 544 g/mol. The normalized spacial score (nSPS) is 17.3. The minimum absolute atomic E-state index is 0. The van der Waals surface area contributed by atoms with Crippen LogP contribution in [0.2, 0.25) is 0 Å². The number of hydrogen-bond donors (Lipinski definition) is 2. The quantitative estimate of drug-likeness (QED) is 0.294. The van der Waals surface area contributed by atoms with Crippen LogP contribution in [0.5, 0.6) is 5.75 Å². The first kappa shape index (κ1) is 25.2. The number of rotatable bonds is 7. The van der Waals surface area contributed by atoms with Crippen molar-refractivity contribution in [1.29, 1.82) is 0 Å². The van der Waals surface area contributed by atoms with Crippen LogP contribution in [0.1, 0.15) is 18.4 Å². The largest absolute Gasteiger partial charge is 0.484 e. The fourth-order valence-corrected chi connectivity index (χ4v) is 3.79. The zero-order chi connectivity index (χ0) is 21.3. The lowest BCUT2D eigenvalue weighted by Crippen LogP contribution is -2.54. The number of carbonyl (C=O) groups excluding carboxylic acids is 2. The van der Waals surface area contributed by atoms with Gasteiger partial charge in [-0.25, -0.2) is 0 Å². The van der Waals surface area contributed by atoms with E-state index in [1.54, 1.807) is 13.1 Å². The third-order valence-electron chi connectivity index (χ3n) is 5.43. The molecule has 0 radical (unpaired) electrons. The molecule has 3 rings (SSSR count). The van der Waals surface area contributed by atoms with Gasteiger partial charge in [0, 0.05) is 52.9 Å². The molecule has 0 atom stereocenters. The number of likely N-dealkylation sites (tertiary alicyclic amines) is 1. The molecule has 0 aliphatic carbocycles. The Morgan fingerprint density at radius 2 is 1.81 bits per heavy atom. The minimum Gasteiger partial charge on any atom is -0.484 e. The van der Waals surface area contributed by atoms with Crippen LogP contribution in [0.25, 0.3) is 0 Å². The first-order valence-corrected chi connectivity index (χ1v) is 10.5. The smallest absolute Gasteiger partial charge is 0.255 e. The summed E-state index contributed by atoms with van der Waals surface area (Å²) in [5.41, 5.74) is 6.14. The Morgan fingerprint density at radius 1 is 1.10 bits per heavy atom. The van der Waals surface area contributed by atoms with Crippen LogP contribution in [0.15, 0.2) is 29.3 Å². The number of guanidine groups is 1. The van der Waals surface area contributed by atoms with Crippen LogP contribution >= 0.6 is 24.0 Å². The summed E-state index contributed by atoms with van der Waals surface area (Å²) in [5, 5.41) is 3.38. The third kappa shape index (κ3) is 7.84. The van der Waals surface area contributed by atoms with E-state index in [9.17, 15) is 9.59 Å². The molecular formula is C21H33IN6O3. The number of hydrogen-bond acceptors (Lipinski definition) is 5. The summed E-state index contributed by atoms with van der Waals surface area (Å²) in [6, 6.07) is 7.54. The molecule has 172 valence electrons. The number of nitrogens with one attached hydrogen (secondary N) is 1. The minimum atomic E-state index is -0.500. The summed E-state index contributed by atoms with van der Waals surface area (Å²) in [5.74, 6) is 1.20. The number of nitrogens with zero attached hydrogens (tertiary/aromatic N) is 4. The number of amides is 2. The Bertz CT molecular complexity index is 761. The lowest BCUT2D eigenvalue weighted by atomic mass is 10.2. The predicted molar refractivity (Wildman–Crippen MR) is 131 cm³/mol. The Hall–Kier alpha value is -2.08. The fraction of sp³-hybridized carbons (Fsp3) is 0.571. The van der Waals surface area contributed by atoms with E-state index < -0.39 is 5.91 Å². The van der Waals surface area contributed by atoms with Crippen molar-refractivity contribution in [1.82, 2.24) is 20.0 Å². The average Bonchev–Trinajstić information content (AvgIpc) is 3.29.